The molecule has 1 aliphatic carbocycles. The molecule has 0 bridgehead atoms. The third-order valence-corrected chi connectivity index (χ3v) is 4.96. The molecule has 0 saturated heterocycles. The minimum absolute atomic E-state index is 0.117. The Hall–Kier alpha value is -3.41. The maximum absolute atomic E-state index is 13.5. The van der Waals surface area contributed by atoms with E-state index in [0.29, 0.717) is 30.5 Å². The van der Waals surface area contributed by atoms with Crippen LogP contribution in [0.5, 0.6) is 0 Å². The summed E-state index contributed by atoms with van der Waals surface area (Å²) >= 11 is 0. The zero-order chi connectivity index (χ0) is 21.9. The Morgan fingerprint density at radius 2 is 1.97 bits per heavy atom. The highest BCUT2D eigenvalue weighted by Gasteiger charge is 2.37. The van der Waals surface area contributed by atoms with Crippen molar-refractivity contribution in [1.29, 1.82) is 5.26 Å². The van der Waals surface area contributed by atoms with Gasteiger partial charge in [0.1, 0.15) is 11.6 Å². The molecule has 1 aromatic carbocycles. The second-order valence-electron chi connectivity index (χ2n) is 6.82. The Balaban J connectivity index is 2.31. The SMILES string of the molecule is COC(=O)C1CCCCC1=Nn1c(-c2ccccc2)cc(C(F)(F)F)c(C#N)c1=O. The van der Waals surface area contributed by atoms with Gasteiger partial charge < -0.3 is 4.74 Å². The lowest BCUT2D eigenvalue weighted by Crippen LogP contribution is -2.32. The number of benzene rings is 1. The van der Waals surface area contributed by atoms with E-state index in [9.17, 15) is 28.0 Å². The van der Waals surface area contributed by atoms with Crippen molar-refractivity contribution in [2.75, 3.05) is 7.11 Å². The van der Waals surface area contributed by atoms with Crippen molar-refractivity contribution in [1.82, 2.24) is 4.68 Å². The summed E-state index contributed by atoms with van der Waals surface area (Å²) in [6.07, 6.45) is -2.56. The first-order chi connectivity index (χ1) is 14.3. The number of hydrogen-bond acceptors (Lipinski definition) is 5. The molecule has 2 aromatic rings. The van der Waals surface area contributed by atoms with Crippen LogP contribution in [0.15, 0.2) is 46.3 Å². The first-order valence-corrected chi connectivity index (χ1v) is 9.26. The Morgan fingerprint density at radius 1 is 1.27 bits per heavy atom. The molecule has 1 heterocycles. The lowest BCUT2D eigenvalue weighted by molar-refractivity contribution is -0.143. The van der Waals surface area contributed by atoms with E-state index in [1.54, 1.807) is 18.2 Å². The van der Waals surface area contributed by atoms with E-state index in [1.807, 2.05) is 0 Å². The van der Waals surface area contributed by atoms with Gasteiger partial charge in [-0.25, -0.2) is 0 Å². The smallest absolute Gasteiger partial charge is 0.417 e. The maximum atomic E-state index is 13.5. The summed E-state index contributed by atoms with van der Waals surface area (Å²) in [7, 11) is 1.24. The average Bonchev–Trinajstić information content (AvgIpc) is 2.74. The molecule has 9 heteroatoms. The number of methoxy groups -OCH3 is 1. The molecule has 156 valence electrons. The van der Waals surface area contributed by atoms with Gasteiger partial charge in [-0.1, -0.05) is 36.8 Å². The number of ether oxygens (including phenoxy) is 1. The first kappa shape index (κ1) is 21.3. The van der Waals surface area contributed by atoms with Crippen LogP contribution in [0.4, 0.5) is 13.2 Å². The number of hydrogen-bond donors (Lipinski definition) is 0. The number of halogens is 3. The van der Waals surface area contributed by atoms with Crippen molar-refractivity contribution in [2.24, 2.45) is 11.0 Å². The van der Waals surface area contributed by atoms with E-state index in [-0.39, 0.29) is 5.69 Å². The average molecular weight is 417 g/mol. The highest BCUT2D eigenvalue weighted by Crippen LogP contribution is 2.34. The topological polar surface area (TPSA) is 84.4 Å². The molecule has 1 atom stereocenters. The molecule has 3 rings (SSSR count). The van der Waals surface area contributed by atoms with E-state index >= 15 is 0 Å². The summed E-state index contributed by atoms with van der Waals surface area (Å²) in [4.78, 5) is 25.0. The number of esters is 1. The molecule has 0 aliphatic heterocycles. The maximum Gasteiger partial charge on any atom is 0.417 e. The lowest BCUT2D eigenvalue weighted by atomic mass is 9.87. The number of aromatic nitrogens is 1. The summed E-state index contributed by atoms with van der Waals surface area (Å²) in [5, 5.41) is 13.5. The fraction of sp³-hybridized carbons (Fsp3) is 0.333. The van der Waals surface area contributed by atoms with Gasteiger partial charge in [-0.05, 0) is 25.3 Å². The summed E-state index contributed by atoms with van der Waals surface area (Å²) in [6.45, 7) is 0. The fourth-order valence-electron chi connectivity index (χ4n) is 3.49. The van der Waals surface area contributed by atoms with Crippen LogP contribution in [0, 0.1) is 17.2 Å². The number of carbonyl (C=O) groups excluding carboxylic acids is 1. The molecule has 1 fully saturated rings. The molecule has 0 amide bonds. The Labute approximate surface area is 170 Å². The quantitative estimate of drug-likeness (QED) is 0.708. The molecule has 1 aliphatic rings. The van der Waals surface area contributed by atoms with Crippen molar-refractivity contribution in [3.8, 4) is 17.3 Å². The molecule has 6 nitrogen and oxygen atoms in total. The van der Waals surface area contributed by atoms with Gasteiger partial charge in [0.25, 0.3) is 5.56 Å². The highest BCUT2D eigenvalue weighted by atomic mass is 19.4. The fourth-order valence-corrected chi connectivity index (χ4v) is 3.49. The van der Waals surface area contributed by atoms with Crippen LogP contribution in [-0.2, 0) is 15.7 Å². The van der Waals surface area contributed by atoms with Gasteiger partial charge in [0.2, 0.25) is 0 Å². The van der Waals surface area contributed by atoms with E-state index < -0.39 is 34.7 Å². The summed E-state index contributed by atoms with van der Waals surface area (Å²) in [5.74, 6) is -1.21. The van der Waals surface area contributed by atoms with Crippen LogP contribution < -0.4 is 5.56 Å². The van der Waals surface area contributed by atoms with E-state index in [2.05, 4.69) is 5.10 Å². The van der Waals surface area contributed by atoms with Gasteiger partial charge in [0, 0.05) is 5.56 Å². The van der Waals surface area contributed by atoms with Gasteiger partial charge in [0.15, 0.2) is 0 Å². The third kappa shape index (κ3) is 4.13. The molecular formula is C21H18F3N3O3. The van der Waals surface area contributed by atoms with Crippen LogP contribution in [0.1, 0.15) is 36.8 Å². The van der Waals surface area contributed by atoms with Crippen molar-refractivity contribution in [3.05, 3.63) is 57.9 Å². The van der Waals surface area contributed by atoms with E-state index in [1.165, 1.54) is 25.3 Å². The van der Waals surface area contributed by atoms with Crippen molar-refractivity contribution in [3.63, 3.8) is 0 Å². The van der Waals surface area contributed by atoms with Gasteiger partial charge in [-0.15, -0.1) is 0 Å². The Kier molecular flexibility index (Phi) is 6.06. The minimum Gasteiger partial charge on any atom is -0.469 e. The van der Waals surface area contributed by atoms with E-state index in [4.69, 9.17) is 4.74 Å². The first-order valence-electron chi connectivity index (χ1n) is 9.26. The zero-order valence-corrected chi connectivity index (χ0v) is 16.1. The number of rotatable bonds is 3. The molecule has 1 unspecified atom stereocenters. The van der Waals surface area contributed by atoms with Crippen LogP contribution in [-0.4, -0.2) is 23.5 Å². The van der Waals surface area contributed by atoms with Crippen molar-refractivity contribution >= 4 is 11.7 Å². The molecular weight excluding hydrogens is 399 g/mol. The normalized spacial score (nSPS) is 18.1. The second-order valence-corrected chi connectivity index (χ2v) is 6.82. The van der Waals surface area contributed by atoms with Gasteiger partial charge in [-0.2, -0.15) is 28.2 Å². The zero-order valence-electron chi connectivity index (χ0n) is 16.1. The molecule has 30 heavy (non-hydrogen) atoms. The summed E-state index contributed by atoms with van der Waals surface area (Å²) < 4.78 is 46.2. The van der Waals surface area contributed by atoms with Gasteiger partial charge in [0.05, 0.1) is 30.0 Å². The van der Waals surface area contributed by atoms with Crippen LogP contribution in [0.25, 0.3) is 11.3 Å². The predicted molar refractivity (Wildman–Crippen MR) is 103 cm³/mol. The van der Waals surface area contributed by atoms with Crippen LogP contribution in [0.2, 0.25) is 0 Å². The molecule has 0 spiro atoms. The summed E-state index contributed by atoms with van der Waals surface area (Å²) in [6, 6.07) is 10.1. The third-order valence-electron chi connectivity index (χ3n) is 4.96. The van der Waals surface area contributed by atoms with Crippen molar-refractivity contribution in [2.45, 2.75) is 31.9 Å². The molecule has 1 saturated carbocycles. The van der Waals surface area contributed by atoms with Crippen LogP contribution >= 0.6 is 0 Å². The van der Waals surface area contributed by atoms with Gasteiger partial charge in [-0.3, -0.25) is 9.59 Å². The lowest BCUT2D eigenvalue weighted by Gasteiger charge is -2.23. The number of carbonyl (C=O) groups is 1. The number of nitriles is 1. The molecule has 1 aromatic heterocycles. The van der Waals surface area contributed by atoms with Crippen molar-refractivity contribution < 1.29 is 22.7 Å². The summed E-state index contributed by atoms with van der Waals surface area (Å²) in [5.41, 5.74) is -3.01. The number of nitrogens with zero attached hydrogens (tertiary/aromatic N) is 3. The number of alkyl halides is 3. The number of pyridine rings is 1. The standard InChI is InChI=1S/C21H18F3N3O3/c1-30-20(29)14-9-5-6-10-17(14)26-27-18(13-7-3-2-4-8-13)11-16(21(22,23)24)15(12-25)19(27)28/h2-4,7-8,11,14H,5-6,9-10H2,1H3. The predicted octanol–water partition coefficient (Wildman–Crippen LogP) is 3.97. The Morgan fingerprint density at radius 3 is 2.57 bits per heavy atom. The van der Waals surface area contributed by atoms with Gasteiger partial charge >= 0.3 is 12.1 Å². The molecule has 0 N–H and O–H groups in total. The molecule has 0 radical (unpaired) electrons. The van der Waals surface area contributed by atoms with E-state index in [0.717, 1.165) is 17.2 Å². The largest absolute Gasteiger partial charge is 0.469 e. The highest BCUT2D eigenvalue weighted by molar-refractivity contribution is 6.02. The monoisotopic (exact) mass is 417 g/mol. The second kappa shape index (κ2) is 8.53. The minimum atomic E-state index is -4.89. The Bertz CT molecular complexity index is 1080. The van der Waals surface area contributed by atoms with Crippen LogP contribution in [0.3, 0.4) is 0 Å².